The van der Waals surface area contributed by atoms with Crippen molar-refractivity contribution >= 4 is 51.2 Å². The molecule has 3 amide bonds. The largest absolute Gasteiger partial charge is 0.488 e. The minimum atomic E-state index is -0.518. The van der Waals surface area contributed by atoms with Crippen molar-refractivity contribution in [1.82, 2.24) is 5.32 Å². The van der Waals surface area contributed by atoms with Crippen LogP contribution in [-0.4, -0.2) is 11.9 Å². The van der Waals surface area contributed by atoms with Gasteiger partial charge in [-0.15, -0.1) is 0 Å². The van der Waals surface area contributed by atoms with Gasteiger partial charge in [-0.25, -0.2) is 9.69 Å². The lowest BCUT2D eigenvalue weighted by Gasteiger charge is -2.12. The molecule has 0 radical (unpaired) electrons. The van der Waals surface area contributed by atoms with Gasteiger partial charge in [0.15, 0.2) is 0 Å². The van der Waals surface area contributed by atoms with Crippen LogP contribution in [0.1, 0.15) is 16.7 Å². The van der Waals surface area contributed by atoms with Gasteiger partial charge in [0, 0.05) is 15.1 Å². The first-order valence-electron chi connectivity index (χ1n) is 9.51. The van der Waals surface area contributed by atoms with Gasteiger partial charge in [-0.05, 0) is 61.0 Å². The Balaban J connectivity index is 1.59. The third-order valence-electron chi connectivity index (χ3n) is 4.75. The first-order valence-corrected chi connectivity index (χ1v) is 10.7. The molecule has 0 bridgehead atoms. The lowest BCUT2D eigenvalue weighted by Crippen LogP contribution is -2.30. The van der Waals surface area contributed by atoms with Gasteiger partial charge >= 0.3 is 6.03 Å². The van der Waals surface area contributed by atoms with E-state index in [2.05, 4.69) is 21.2 Å². The minimum absolute atomic E-state index is 0.165. The van der Waals surface area contributed by atoms with Crippen molar-refractivity contribution in [2.24, 2.45) is 0 Å². The highest BCUT2D eigenvalue weighted by atomic mass is 79.9. The van der Waals surface area contributed by atoms with Crippen LogP contribution in [0.15, 0.2) is 76.9 Å². The van der Waals surface area contributed by atoms with Crippen molar-refractivity contribution < 1.29 is 14.3 Å². The molecule has 1 heterocycles. The molecule has 0 aliphatic carbocycles. The maximum Gasteiger partial charge on any atom is 0.333 e. The fourth-order valence-electron chi connectivity index (χ4n) is 3.12. The quantitative estimate of drug-likeness (QED) is 0.343. The molecule has 156 valence electrons. The number of ether oxygens (including phenoxy) is 1. The Kier molecular flexibility index (Phi) is 6.11. The SMILES string of the molecule is Cc1ccc(COc2ccc(Br)cc2/C=C2/NC(=O)N(c3ccc(Cl)cc3)C2=O)cc1. The Labute approximate surface area is 193 Å². The van der Waals surface area contributed by atoms with Crippen molar-refractivity contribution in [2.75, 3.05) is 4.90 Å². The van der Waals surface area contributed by atoms with Gasteiger partial charge in [0.1, 0.15) is 18.1 Å². The second-order valence-electron chi connectivity index (χ2n) is 7.06. The second kappa shape index (κ2) is 8.96. The molecule has 0 unspecified atom stereocenters. The van der Waals surface area contributed by atoms with Crippen LogP contribution < -0.4 is 15.0 Å². The molecular formula is C24H18BrClN2O3. The van der Waals surface area contributed by atoms with E-state index < -0.39 is 11.9 Å². The van der Waals surface area contributed by atoms with Crippen LogP contribution in [0.4, 0.5) is 10.5 Å². The summed E-state index contributed by atoms with van der Waals surface area (Å²) in [5.74, 6) is 0.153. The molecule has 3 aromatic carbocycles. The number of rotatable bonds is 5. The maximum absolute atomic E-state index is 12.9. The maximum atomic E-state index is 12.9. The van der Waals surface area contributed by atoms with Crippen molar-refractivity contribution in [3.63, 3.8) is 0 Å². The summed E-state index contributed by atoms with van der Waals surface area (Å²) < 4.78 is 6.82. The Bertz CT molecular complexity index is 1170. The van der Waals surface area contributed by atoms with Gasteiger partial charge in [-0.2, -0.15) is 0 Å². The number of nitrogens with zero attached hydrogens (tertiary/aromatic N) is 1. The first kappa shape index (κ1) is 21.2. The average Bonchev–Trinajstić information content (AvgIpc) is 3.02. The lowest BCUT2D eigenvalue weighted by atomic mass is 10.1. The van der Waals surface area contributed by atoms with Crippen LogP contribution in [0.3, 0.4) is 0 Å². The van der Waals surface area contributed by atoms with Gasteiger partial charge in [0.25, 0.3) is 5.91 Å². The molecule has 5 nitrogen and oxygen atoms in total. The highest BCUT2D eigenvalue weighted by Crippen LogP contribution is 2.29. The number of aryl methyl sites for hydroxylation is 1. The minimum Gasteiger partial charge on any atom is -0.488 e. The number of urea groups is 1. The highest BCUT2D eigenvalue weighted by molar-refractivity contribution is 9.10. The molecule has 1 saturated heterocycles. The number of hydrogen-bond donors (Lipinski definition) is 1. The second-order valence-corrected chi connectivity index (χ2v) is 8.41. The molecule has 1 aliphatic heterocycles. The predicted molar refractivity (Wildman–Crippen MR) is 125 cm³/mol. The molecule has 1 aliphatic rings. The number of anilines is 1. The summed E-state index contributed by atoms with van der Waals surface area (Å²) in [5, 5.41) is 3.16. The van der Waals surface area contributed by atoms with E-state index in [9.17, 15) is 9.59 Å². The molecule has 31 heavy (non-hydrogen) atoms. The molecule has 0 saturated carbocycles. The van der Waals surface area contributed by atoms with E-state index in [1.54, 1.807) is 30.3 Å². The van der Waals surface area contributed by atoms with Gasteiger partial charge in [-0.3, -0.25) is 4.79 Å². The van der Waals surface area contributed by atoms with Gasteiger partial charge in [-0.1, -0.05) is 57.4 Å². The van der Waals surface area contributed by atoms with Crippen molar-refractivity contribution in [3.05, 3.63) is 98.6 Å². The third-order valence-corrected chi connectivity index (χ3v) is 5.49. The summed E-state index contributed by atoms with van der Waals surface area (Å²) in [6, 6.07) is 19.6. The predicted octanol–water partition coefficient (Wildman–Crippen LogP) is 6.09. The van der Waals surface area contributed by atoms with Crippen molar-refractivity contribution in [1.29, 1.82) is 0 Å². The van der Waals surface area contributed by atoms with Gasteiger partial charge in [0.05, 0.1) is 5.69 Å². The average molecular weight is 498 g/mol. The van der Waals surface area contributed by atoms with Crippen LogP contribution in [-0.2, 0) is 11.4 Å². The van der Waals surface area contributed by atoms with Crippen molar-refractivity contribution in [2.45, 2.75) is 13.5 Å². The zero-order chi connectivity index (χ0) is 22.0. The van der Waals surface area contributed by atoms with Crippen LogP contribution in [0.5, 0.6) is 5.75 Å². The number of amides is 3. The zero-order valence-corrected chi connectivity index (χ0v) is 18.9. The van der Waals surface area contributed by atoms with Gasteiger partial charge in [0.2, 0.25) is 0 Å². The Hall–Kier alpha value is -3.09. The fourth-order valence-corrected chi connectivity index (χ4v) is 3.63. The summed E-state index contributed by atoms with van der Waals surface area (Å²) in [4.78, 5) is 26.4. The molecule has 0 aromatic heterocycles. The van der Waals surface area contributed by atoms with E-state index in [0.29, 0.717) is 28.6 Å². The molecule has 1 fully saturated rings. The number of benzene rings is 3. The number of imide groups is 1. The van der Waals surface area contributed by atoms with E-state index >= 15 is 0 Å². The van der Waals surface area contributed by atoms with Crippen LogP contribution in [0.25, 0.3) is 6.08 Å². The number of carbonyl (C=O) groups excluding carboxylic acids is 2. The monoisotopic (exact) mass is 496 g/mol. The molecule has 3 aromatic rings. The zero-order valence-electron chi connectivity index (χ0n) is 16.6. The molecule has 0 atom stereocenters. The van der Waals surface area contributed by atoms with Crippen molar-refractivity contribution in [3.8, 4) is 5.75 Å². The summed E-state index contributed by atoms with van der Waals surface area (Å²) >= 11 is 9.36. The molecule has 7 heteroatoms. The Morgan fingerprint density at radius 1 is 1.03 bits per heavy atom. The van der Waals surface area contributed by atoms with E-state index in [0.717, 1.165) is 14.9 Å². The van der Waals surface area contributed by atoms with E-state index in [4.69, 9.17) is 16.3 Å². The molecule has 4 rings (SSSR count). The van der Waals surface area contributed by atoms with Crippen LogP contribution >= 0.6 is 27.5 Å². The number of nitrogens with one attached hydrogen (secondary N) is 1. The van der Waals surface area contributed by atoms with Crippen LogP contribution in [0, 0.1) is 6.92 Å². The topological polar surface area (TPSA) is 58.6 Å². The fraction of sp³-hybridized carbons (Fsp3) is 0.0833. The first-order chi connectivity index (χ1) is 14.9. The van der Waals surface area contributed by atoms with E-state index in [1.165, 1.54) is 5.56 Å². The highest BCUT2D eigenvalue weighted by Gasteiger charge is 2.35. The molecule has 0 spiro atoms. The molecular weight excluding hydrogens is 480 g/mol. The summed E-state index contributed by atoms with van der Waals surface area (Å²) in [5.41, 5.74) is 3.49. The third kappa shape index (κ3) is 4.81. The Morgan fingerprint density at radius 3 is 2.45 bits per heavy atom. The molecule has 1 N–H and O–H groups in total. The number of halogens is 2. The summed E-state index contributed by atoms with van der Waals surface area (Å²) in [6.45, 7) is 2.42. The van der Waals surface area contributed by atoms with Crippen LogP contribution in [0.2, 0.25) is 5.02 Å². The summed E-state index contributed by atoms with van der Waals surface area (Å²) in [7, 11) is 0. The smallest absolute Gasteiger partial charge is 0.333 e. The summed E-state index contributed by atoms with van der Waals surface area (Å²) in [6.07, 6.45) is 1.62. The van der Waals surface area contributed by atoms with E-state index in [1.807, 2.05) is 49.4 Å². The standard InChI is InChI=1S/C24H18BrClN2O3/c1-15-2-4-16(5-3-15)14-31-22-11-6-18(25)12-17(22)13-21-23(29)28(24(30)27-21)20-9-7-19(26)8-10-20/h2-13H,14H2,1H3,(H,27,30)/b21-13+. The number of hydrogen-bond acceptors (Lipinski definition) is 3. The Morgan fingerprint density at radius 2 is 1.74 bits per heavy atom. The van der Waals surface area contributed by atoms with Gasteiger partial charge < -0.3 is 10.1 Å². The lowest BCUT2D eigenvalue weighted by molar-refractivity contribution is -0.113. The van der Waals surface area contributed by atoms with E-state index in [-0.39, 0.29) is 5.70 Å². The number of carbonyl (C=O) groups is 2. The normalized spacial score (nSPS) is 14.8.